The standard InChI is InChI=1S/C9H9N3S2/c10-6-7-2-1-3-11-8(7)14-9-12-4-5-13-9/h1-5H,6,10H2. The Hall–Kier alpha value is -0.910. The minimum absolute atomic E-state index is 0.515. The number of thiazole rings is 1. The Kier molecular flexibility index (Phi) is 3.13. The molecule has 0 amide bonds. The summed E-state index contributed by atoms with van der Waals surface area (Å²) >= 11 is 3.17. The summed E-state index contributed by atoms with van der Waals surface area (Å²) in [4.78, 5) is 8.46. The van der Waals surface area contributed by atoms with Crippen molar-refractivity contribution in [1.29, 1.82) is 0 Å². The van der Waals surface area contributed by atoms with Crippen LogP contribution in [0.25, 0.3) is 0 Å². The number of rotatable bonds is 3. The van der Waals surface area contributed by atoms with Gasteiger partial charge in [-0.05, 0) is 23.4 Å². The number of aromatic nitrogens is 2. The molecule has 2 rings (SSSR count). The third-order valence-electron chi connectivity index (χ3n) is 1.66. The molecule has 0 fully saturated rings. The second-order valence-electron chi connectivity index (χ2n) is 2.57. The van der Waals surface area contributed by atoms with Crippen molar-refractivity contribution in [3.05, 3.63) is 35.5 Å². The van der Waals surface area contributed by atoms with Gasteiger partial charge in [-0.25, -0.2) is 9.97 Å². The molecule has 0 saturated heterocycles. The molecule has 0 aliphatic carbocycles. The molecular weight excluding hydrogens is 214 g/mol. The summed E-state index contributed by atoms with van der Waals surface area (Å²) in [6.45, 7) is 0.515. The smallest absolute Gasteiger partial charge is 0.156 e. The molecule has 2 heterocycles. The minimum Gasteiger partial charge on any atom is -0.326 e. The molecule has 5 heteroatoms. The normalized spacial score (nSPS) is 10.4. The molecule has 0 bridgehead atoms. The summed E-state index contributed by atoms with van der Waals surface area (Å²) in [5, 5.41) is 2.90. The van der Waals surface area contributed by atoms with Crippen molar-refractivity contribution in [2.75, 3.05) is 0 Å². The maximum absolute atomic E-state index is 5.61. The van der Waals surface area contributed by atoms with Gasteiger partial charge in [0.15, 0.2) is 4.34 Å². The molecular formula is C9H9N3S2. The monoisotopic (exact) mass is 223 g/mol. The summed E-state index contributed by atoms with van der Waals surface area (Å²) in [6, 6.07) is 3.89. The molecule has 72 valence electrons. The zero-order chi connectivity index (χ0) is 9.80. The molecule has 2 aromatic heterocycles. The highest BCUT2D eigenvalue weighted by Crippen LogP contribution is 2.29. The quantitative estimate of drug-likeness (QED) is 0.866. The van der Waals surface area contributed by atoms with Crippen LogP contribution in [0.15, 0.2) is 39.3 Å². The van der Waals surface area contributed by atoms with Gasteiger partial charge in [0.1, 0.15) is 5.03 Å². The highest BCUT2D eigenvalue weighted by molar-refractivity contribution is 8.01. The average Bonchev–Trinajstić information content (AvgIpc) is 2.71. The van der Waals surface area contributed by atoms with E-state index >= 15 is 0 Å². The van der Waals surface area contributed by atoms with Crippen LogP contribution >= 0.6 is 23.1 Å². The van der Waals surface area contributed by atoms with E-state index in [-0.39, 0.29) is 0 Å². The Labute approximate surface area is 90.4 Å². The van der Waals surface area contributed by atoms with Crippen LogP contribution in [-0.4, -0.2) is 9.97 Å². The zero-order valence-corrected chi connectivity index (χ0v) is 9.02. The van der Waals surface area contributed by atoms with Crippen molar-refractivity contribution in [3.8, 4) is 0 Å². The first-order valence-electron chi connectivity index (χ1n) is 4.11. The largest absolute Gasteiger partial charge is 0.326 e. The van der Waals surface area contributed by atoms with E-state index in [1.54, 1.807) is 35.5 Å². The summed E-state index contributed by atoms with van der Waals surface area (Å²) in [5.41, 5.74) is 6.67. The summed E-state index contributed by atoms with van der Waals surface area (Å²) in [7, 11) is 0. The van der Waals surface area contributed by atoms with Gasteiger partial charge < -0.3 is 5.73 Å². The van der Waals surface area contributed by atoms with Crippen molar-refractivity contribution in [2.24, 2.45) is 5.73 Å². The fraction of sp³-hybridized carbons (Fsp3) is 0.111. The maximum atomic E-state index is 5.61. The Morgan fingerprint density at radius 2 is 2.29 bits per heavy atom. The second-order valence-corrected chi connectivity index (χ2v) is 4.70. The molecule has 2 N–H and O–H groups in total. The Balaban J connectivity index is 2.24. The second kappa shape index (κ2) is 4.54. The van der Waals surface area contributed by atoms with Gasteiger partial charge in [0.25, 0.3) is 0 Å². The van der Waals surface area contributed by atoms with Crippen LogP contribution in [0.2, 0.25) is 0 Å². The van der Waals surface area contributed by atoms with Crippen LogP contribution in [0.3, 0.4) is 0 Å². The highest BCUT2D eigenvalue weighted by atomic mass is 32.2. The van der Waals surface area contributed by atoms with Crippen molar-refractivity contribution < 1.29 is 0 Å². The van der Waals surface area contributed by atoms with Gasteiger partial charge in [0, 0.05) is 24.3 Å². The molecule has 0 radical (unpaired) electrons. The minimum atomic E-state index is 0.515. The van der Waals surface area contributed by atoms with Gasteiger partial charge in [0.05, 0.1) is 0 Å². The van der Waals surface area contributed by atoms with Crippen LogP contribution in [0.4, 0.5) is 0 Å². The van der Waals surface area contributed by atoms with E-state index in [0.29, 0.717) is 6.54 Å². The lowest BCUT2D eigenvalue weighted by Gasteiger charge is -2.02. The number of nitrogens with two attached hydrogens (primary N) is 1. The maximum Gasteiger partial charge on any atom is 0.156 e. The van der Waals surface area contributed by atoms with E-state index in [4.69, 9.17) is 5.73 Å². The van der Waals surface area contributed by atoms with Gasteiger partial charge in [-0.2, -0.15) is 0 Å². The Morgan fingerprint density at radius 3 is 3.00 bits per heavy atom. The molecule has 0 atom stereocenters. The van der Waals surface area contributed by atoms with Gasteiger partial charge in [0.2, 0.25) is 0 Å². The molecule has 0 aromatic carbocycles. The van der Waals surface area contributed by atoms with Crippen molar-refractivity contribution >= 4 is 23.1 Å². The molecule has 0 unspecified atom stereocenters. The molecule has 14 heavy (non-hydrogen) atoms. The van der Waals surface area contributed by atoms with E-state index in [1.807, 2.05) is 17.5 Å². The topological polar surface area (TPSA) is 51.8 Å². The zero-order valence-electron chi connectivity index (χ0n) is 7.38. The lowest BCUT2D eigenvalue weighted by molar-refractivity contribution is 0.962. The predicted octanol–water partition coefficient (Wildman–Crippen LogP) is 2.15. The van der Waals surface area contributed by atoms with E-state index in [9.17, 15) is 0 Å². The lowest BCUT2D eigenvalue weighted by atomic mass is 10.3. The molecule has 0 aliphatic heterocycles. The first kappa shape index (κ1) is 9.64. The number of hydrogen-bond acceptors (Lipinski definition) is 5. The van der Waals surface area contributed by atoms with Crippen molar-refractivity contribution in [1.82, 2.24) is 9.97 Å². The van der Waals surface area contributed by atoms with Gasteiger partial charge in [-0.1, -0.05) is 6.07 Å². The predicted molar refractivity (Wildman–Crippen MR) is 58.4 cm³/mol. The first-order chi connectivity index (χ1) is 6.90. The van der Waals surface area contributed by atoms with Gasteiger partial charge in [-0.15, -0.1) is 11.3 Å². The summed E-state index contributed by atoms with van der Waals surface area (Å²) in [6.07, 6.45) is 3.56. The highest BCUT2D eigenvalue weighted by Gasteiger charge is 2.05. The summed E-state index contributed by atoms with van der Waals surface area (Å²) in [5.74, 6) is 0. The third-order valence-corrected chi connectivity index (χ3v) is 3.61. The number of hydrogen-bond donors (Lipinski definition) is 1. The molecule has 3 nitrogen and oxygen atoms in total. The third kappa shape index (κ3) is 2.12. The lowest BCUT2D eigenvalue weighted by Crippen LogP contribution is -1.99. The first-order valence-corrected chi connectivity index (χ1v) is 5.81. The van der Waals surface area contributed by atoms with Crippen LogP contribution in [0, 0.1) is 0 Å². The molecule has 0 saturated carbocycles. The fourth-order valence-electron chi connectivity index (χ4n) is 1.01. The SMILES string of the molecule is NCc1cccnc1Sc1nccs1. The summed E-state index contributed by atoms with van der Waals surface area (Å²) < 4.78 is 0.999. The molecule has 2 aromatic rings. The molecule has 0 spiro atoms. The van der Waals surface area contributed by atoms with E-state index in [0.717, 1.165) is 14.9 Å². The van der Waals surface area contributed by atoms with E-state index in [1.165, 1.54) is 0 Å². The van der Waals surface area contributed by atoms with E-state index in [2.05, 4.69) is 9.97 Å². The number of nitrogens with zero attached hydrogens (tertiary/aromatic N) is 2. The van der Waals surface area contributed by atoms with Crippen LogP contribution in [-0.2, 0) is 6.54 Å². The van der Waals surface area contributed by atoms with Crippen molar-refractivity contribution in [2.45, 2.75) is 15.9 Å². The Morgan fingerprint density at radius 1 is 1.36 bits per heavy atom. The van der Waals surface area contributed by atoms with Gasteiger partial charge >= 0.3 is 0 Å². The van der Waals surface area contributed by atoms with Crippen LogP contribution in [0.1, 0.15) is 5.56 Å². The Bertz CT molecular complexity index is 400. The van der Waals surface area contributed by atoms with Crippen LogP contribution in [0.5, 0.6) is 0 Å². The van der Waals surface area contributed by atoms with Crippen LogP contribution < -0.4 is 5.73 Å². The van der Waals surface area contributed by atoms with Gasteiger partial charge in [-0.3, -0.25) is 0 Å². The number of pyridine rings is 1. The molecule has 0 aliphatic rings. The fourth-order valence-corrected chi connectivity index (χ4v) is 2.65. The van der Waals surface area contributed by atoms with E-state index < -0.39 is 0 Å². The van der Waals surface area contributed by atoms with Crippen molar-refractivity contribution in [3.63, 3.8) is 0 Å². The average molecular weight is 223 g/mol.